The Kier molecular flexibility index (Phi) is 6.56. The molecule has 0 radical (unpaired) electrons. The number of rotatable bonds is 8. The summed E-state index contributed by atoms with van der Waals surface area (Å²) in [4.78, 5) is 0. The molecule has 0 unspecified atom stereocenters. The molecular formula is C24H26N2O4S. The van der Waals surface area contributed by atoms with E-state index in [-0.39, 0.29) is 0 Å². The average Bonchev–Trinajstić information content (AvgIpc) is 3.13. The molecule has 3 aromatic carbocycles. The Labute approximate surface area is 183 Å². The van der Waals surface area contributed by atoms with E-state index in [0.717, 1.165) is 16.7 Å². The lowest BCUT2D eigenvalue weighted by molar-refractivity contribution is 0.184. The molecule has 4 rings (SSSR count). The molecule has 3 aromatic rings. The minimum Gasteiger partial charge on any atom is -0.487 e. The fourth-order valence-corrected chi connectivity index (χ4v) is 4.94. The molecule has 0 atom stereocenters. The van der Waals surface area contributed by atoms with Crippen LogP contribution in [0.5, 0.6) is 5.75 Å². The van der Waals surface area contributed by atoms with Crippen molar-refractivity contribution >= 4 is 15.9 Å². The van der Waals surface area contributed by atoms with Crippen LogP contribution in [-0.4, -0.2) is 28.6 Å². The second kappa shape index (κ2) is 9.51. The van der Waals surface area contributed by atoms with Crippen LogP contribution in [0.25, 0.3) is 0 Å². The summed E-state index contributed by atoms with van der Waals surface area (Å²) in [5.74, 6) is 0.554. The van der Waals surface area contributed by atoms with E-state index in [1.807, 2.05) is 60.7 Å². The third kappa shape index (κ3) is 5.07. The van der Waals surface area contributed by atoms with Gasteiger partial charge in [0.1, 0.15) is 12.4 Å². The van der Waals surface area contributed by atoms with Gasteiger partial charge in [-0.2, -0.15) is 13.1 Å². The van der Waals surface area contributed by atoms with E-state index in [1.54, 1.807) is 7.11 Å². The minimum absolute atomic E-state index is 0.360. The summed E-state index contributed by atoms with van der Waals surface area (Å²) in [5.41, 5.74) is 4.91. The van der Waals surface area contributed by atoms with Crippen LogP contribution >= 0.6 is 0 Å². The lowest BCUT2D eigenvalue weighted by Gasteiger charge is -2.21. The molecule has 0 aromatic heterocycles. The van der Waals surface area contributed by atoms with Crippen LogP contribution in [0.15, 0.2) is 72.8 Å². The van der Waals surface area contributed by atoms with Crippen molar-refractivity contribution in [2.45, 2.75) is 19.6 Å². The fraction of sp³-hybridized carbons (Fsp3) is 0.250. The second-order valence-corrected chi connectivity index (χ2v) is 9.11. The van der Waals surface area contributed by atoms with Crippen LogP contribution in [0.2, 0.25) is 0 Å². The van der Waals surface area contributed by atoms with Gasteiger partial charge in [0.05, 0.1) is 12.3 Å². The van der Waals surface area contributed by atoms with Crippen LogP contribution in [0, 0.1) is 0 Å². The van der Waals surface area contributed by atoms with Crippen LogP contribution in [-0.2, 0) is 34.6 Å². The van der Waals surface area contributed by atoms with Crippen molar-refractivity contribution in [3.8, 4) is 5.75 Å². The predicted octanol–water partition coefficient (Wildman–Crippen LogP) is 3.66. The molecule has 7 heteroatoms. The molecule has 31 heavy (non-hydrogen) atoms. The maximum Gasteiger partial charge on any atom is 0.301 e. The van der Waals surface area contributed by atoms with Crippen LogP contribution in [0.3, 0.4) is 0 Å². The van der Waals surface area contributed by atoms with Gasteiger partial charge < -0.3 is 9.47 Å². The van der Waals surface area contributed by atoms with Gasteiger partial charge in [-0.15, -0.1) is 0 Å². The molecule has 162 valence electrons. The standard InChI is InChI=1S/C24H26N2O4S/c1-29-18-22-10-6-5-9-21(22)15-20-11-12-23(26-14-13-25-31(26,27)28)24(16-20)30-17-19-7-3-2-4-8-19/h2-12,16,25H,13-15,17-18H2,1H3. The lowest BCUT2D eigenvalue weighted by Crippen LogP contribution is -2.29. The highest BCUT2D eigenvalue weighted by Gasteiger charge is 2.30. The van der Waals surface area contributed by atoms with Crippen molar-refractivity contribution < 1.29 is 17.9 Å². The quantitative estimate of drug-likeness (QED) is 0.583. The van der Waals surface area contributed by atoms with Gasteiger partial charge in [-0.3, -0.25) is 4.31 Å². The molecule has 0 bridgehead atoms. The first-order valence-electron chi connectivity index (χ1n) is 10.2. The third-order valence-corrected chi connectivity index (χ3v) is 6.76. The highest BCUT2D eigenvalue weighted by Crippen LogP contribution is 2.34. The van der Waals surface area contributed by atoms with Gasteiger partial charge in [0.15, 0.2) is 0 Å². The first-order valence-corrected chi connectivity index (χ1v) is 11.6. The van der Waals surface area contributed by atoms with E-state index in [1.165, 1.54) is 9.87 Å². The van der Waals surface area contributed by atoms with Gasteiger partial charge in [0.25, 0.3) is 0 Å². The van der Waals surface area contributed by atoms with E-state index < -0.39 is 10.2 Å². The number of hydrogen-bond acceptors (Lipinski definition) is 4. The zero-order valence-electron chi connectivity index (χ0n) is 17.5. The molecule has 1 aliphatic heterocycles. The van der Waals surface area contributed by atoms with E-state index in [0.29, 0.717) is 44.2 Å². The van der Waals surface area contributed by atoms with Gasteiger partial charge in [-0.25, -0.2) is 0 Å². The van der Waals surface area contributed by atoms with E-state index in [4.69, 9.17) is 9.47 Å². The summed E-state index contributed by atoms with van der Waals surface area (Å²) in [5, 5.41) is 0. The second-order valence-electron chi connectivity index (χ2n) is 7.43. The minimum atomic E-state index is -3.54. The molecule has 0 aliphatic carbocycles. The van der Waals surface area contributed by atoms with Crippen molar-refractivity contribution in [1.29, 1.82) is 0 Å². The lowest BCUT2D eigenvalue weighted by atomic mass is 9.99. The average molecular weight is 439 g/mol. The summed E-state index contributed by atoms with van der Waals surface area (Å²) in [6.07, 6.45) is 0.701. The number of hydrogen-bond donors (Lipinski definition) is 1. The summed E-state index contributed by atoms with van der Waals surface area (Å²) < 4.78 is 40.2. The molecular weight excluding hydrogens is 412 g/mol. The Morgan fingerprint density at radius 1 is 0.903 bits per heavy atom. The first kappa shape index (κ1) is 21.4. The normalized spacial score (nSPS) is 15.2. The predicted molar refractivity (Wildman–Crippen MR) is 121 cm³/mol. The number of nitrogens with one attached hydrogen (secondary N) is 1. The topological polar surface area (TPSA) is 67.9 Å². The van der Waals surface area contributed by atoms with Gasteiger partial charge in [0.2, 0.25) is 0 Å². The molecule has 1 saturated heterocycles. The molecule has 0 amide bonds. The summed E-state index contributed by atoms with van der Waals surface area (Å²) >= 11 is 0. The monoisotopic (exact) mass is 438 g/mol. The van der Waals surface area contributed by atoms with Crippen LogP contribution in [0.4, 0.5) is 5.69 Å². The Balaban J connectivity index is 1.65. The number of nitrogens with zero attached hydrogens (tertiary/aromatic N) is 1. The molecule has 1 aliphatic rings. The van der Waals surface area contributed by atoms with Crippen molar-refractivity contribution in [3.63, 3.8) is 0 Å². The molecule has 1 heterocycles. The van der Waals surface area contributed by atoms with Crippen molar-refractivity contribution in [3.05, 3.63) is 95.1 Å². The molecule has 0 saturated carbocycles. The van der Waals surface area contributed by atoms with Gasteiger partial charge in [-0.05, 0) is 40.8 Å². The third-order valence-electron chi connectivity index (χ3n) is 5.23. The number of methoxy groups -OCH3 is 1. The summed E-state index contributed by atoms with van der Waals surface area (Å²) in [7, 11) is -1.86. The SMILES string of the molecule is COCc1ccccc1Cc1ccc(N2CCNS2(=O)=O)c(OCc2ccccc2)c1. The van der Waals surface area contributed by atoms with Crippen LogP contribution in [0.1, 0.15) is 22.3 Å². The van der Waals surface area contributed by atoms with Gasteiger partial charge in [-0.1, -0.05) is 60.7 Å². The Morgan fingerprint density at radius 2 is 1.65 bits per heavy atom. The zero-order chi connectivity index (χ0) is 21.7. The van der Waals surface area contributed by atoms with E-state index >= 15 is 0 Å². The van der Waals surface area contributed by atoms with Crippen molar-refractivity contribution in [1.82, 2.24) is 4.72 Å². The van der Waals surface area contributed by atoms with Gasteiger partial charge >= 0.3 is 10.2 Å². The number of benzene rings is 3. The van der Waals surface area contributed by atoms with E-state index in [2.05, 4.69) is 16.9 Å². The zero-order valence-corrected chi connectivity index (χ0v) is 18.3. The maximum absolute atomic E-state index is 12.4. The number of anilines is 1. The summed E-state index contributed by atoms with van der Waals surface area (Å²) in [6.45, 7) is 1.66. The summed E-state index contributed by atoms with van der Waals surface area (Å²) in [6, 6.07) is 23.7. The van der Waals surface area contributed by atoms with Crippen molar-refractivity contribution in [2.75, 3.05) is 24.5 Å². The maximum atomic E-state index is 12.4. The smallest absolute Gasteiger partial charge is 0.301 e. The molecule has 1 N–H and O–H groups in total. The fourth-order valence-electron chi connectivity index (χ4n) is 3.70. The first-order chi connectivity index (χ1) is 15.1. The molecule has 6 nitrogen and oxygen atoms in total. The molecule has 0 spiro atoms. The van der Waals surface area contributed by atoms with Crippen LogP contribution < -0.4 is 13.8 Å². The van der Waals surface area contributed by atoms with E-state index in [9.17, 15) is 8.42 Å². The highest BCUT2D eigenvalue weighted by atomic mass is 32.2. The number of ether oxygens (including phenoxy) is 2. The Bertz CT molecular complexity index is 1130. The largest absolute Gasteiger partial charge is 0.487 e. The van der Waals surface area contributed by atoms with Gasteiger partial charge in [0, 0.05) is 20.2 Å². The Morgan fingerprint density at radius 3 is 2.35 bits per heavy atom. The van der Waals surface area contributed by atoms with Crippen molar-refractivity contribution in [2.24, 2.45) is 0 Å². The highest BCUT2D eigenvalue weighted by molar-refractivity contribution is 7.91. The molecule has 1 fully saturated rings. The Hall–Kier alpha value is -2.87.